The number of hydrazone groups is 1. The number of H-pyrrole nitrogens is 1. The molecular formula is C20H24N4O3S. The quantitative estimate of drug-likeness (QED) is 0.770. The minimum atomic E-state index is -0.515. The Bertz CT molecular complexity index is 1050. The molecule has 1 aromatic heterocycles. The Balaban J connectivity index is 2.05. The van der Waals surface area contributed by atoms with E-state index in [-0.39, 0.29) is 28.2 Å². The molecule has 1 amide bonds. The zero-order valence-corrected chi connectivity index (χ0v) is 17.2. The number of amides is 1. The third-order valence-electron chi connectivity index (χ3n) is 5.04. The normalized spacial score (nSPS) is 16.5. The third kappa shape index (κ3) is 3.52. The van der Waals surface area contributed by atoms with Crippen molar-refractivity contribution >= 4 is 23.8 Å². The number of carbonyl (C=O) groups is 1. The van der Waals surface area contributed by atoms with E-state index in [1.54, 1.807) is 14.0 Å². The van der Waals surface area contributed by atoms with Gasteiger partial charge in [-0.25, -0.2) is 5.01 Å². The number of aromatic hydroxyl groups is 1. The Labute approximate surface area is 168 Å². The van der Waals surface area contributed by atoms with Crippen LogP contribution in [-0.2, 0) is 11.8 Å². The molecule has 28 heavy (non-hydrogen) atoms. The number of rotatable bonds is 4. The van der Waals surface area contributed by atoms with Gasteiger partial charge < -0.3 is 5.11 Å². The monoisotopic (exact) mass is 400 g/mol. The summed E-state index contributed by atoms with van der Waals surface area (Å²) in [7, 11) is 1.56. The molecule has 0 fully saturated rings. The highest BCUT2D eigenvalue weighted by Crippen LogP contribution is 2.34. The van der Waals surface area contributed by atoms with Gasteiger partial charge in [0.1, 0.15) is 5.56 Å². The standard InChI is InChI=1S/C20H24N4O3S/c1-5-16(25)24-15(13-8-6-12(7-9-13)11(2)3)10-14(22-24)17-18(26)21-20(28)23(4)19(17)27/h6-9,11,15,27H,5,10H2,1-4H3,(H,21,26,28)/t15-/m0/s1. The minimum absolute atomic E-state index is 0.0475. The Morgan fingerprint density at radius 1 is 1.36 bits per heavy atom. The van der Waals surface area contributed by atoms with E-state index in [1.807, 2.05) is 24.3 Å². The summed E-state index contributed by atoms with van der Waals surface area (Å²) >= 11 is 5.02. The van der Waals surface area contributed by atoms with Crippen LogP contribution >= 0.6 is 12.2 Å². The van der Waals surface area contributed by atoms with Gasteiger partial charge in [0.2, 0.25) is 11.8 Å². The molecule has 0 saturated heterocycles. The fourth-order valence-corrected chi connectivity index (χ4v) is 3.46. The summed E-state index contributed by atoms with van der Waals surface area (Å²) in [6.45, 7) is 6.01. The highest BCUT2D eigenvalue weighted by Gasteiger charge is 2.34. The van der Waals surface area contributed by atoms with E-state index in [0.717, 1.165) is 5.56 Å². The molecule has 0 radical (unpaired) electrons. The van der Waals surface area contributed by atoms with Crippen LogP contribution < -0.4 is 5.56 Å². The van der Waals surface area contributed by atoms with E-state index in [0.29, 0.717) is 24.5 Å². The lowest BCUT2D eigenvalue weighted by Gasteiger charge is -2.22. The molecule has 7 nitrogen and oxygen atoms in total. The van der Waals surface area contributed by atoms with Gasteiger partial charge in [-0.2, -0.15) is 5.10 Å². The van der Waals surface area contributed by atoms with Crippen LogP contribution in [0.5, 0.6) is 5.88 Å². The smallest absolute Gasteiger partial charge is 0.264 e. The van der Waals surface area contributed by atoms with Crippen LogP contribution in [0.4, 0.5) is 0 Å². The van der Waals surface area contributed by atoms with Gasteiger partial charge in [-0.1, -0.05) is 45.0 Å². The Morgan fingerprint density at radius 2 is 2.00 bits per heavy atom. The maximum atomic E-state index is 12.5. The van der Waals surface area contributed by atoms with E-state index in [2.05, 4.69) is 23.9 Å². The lowest BCUT2D eigenvalue weighted by atomic mass is 9.95. The number of nitrogens with zero attached hydrogens (tertiary/aromatic N) is 3. The number of benzene rings is 1. The second kappa shape index (κ2) is 7.71. The van der Waals surface area contributed by atoms with Crippen LogP contribution in [0.15, 0.2) is 34.2 Å². The van der Waals surface area contributed by atoms with Crippen molar-refractivity contribution in [2.24, 2.45) is 12.1 Å². The first-order chi connectivity index (χ1) is 13.2. The second-order valence-electron chi connectivity index (χ2n) is 7.20. The first-order valence-electron chi connectivity index (χ1n) is 9.26. The highest BCUT2D eigenvalue weighted by molar-refractivity contribution is 7.71. The summed E-state index contributed by atoms with van der Waals surface area (Å²) in [6.07, 6.45) is 0.624. The fourth-order valence-electron chi connectivity index (χ4n) is 3.28. The molecule has 1 atom stereocenters. The molecule has 1 aliphatic rings. The number of nitrogens with one attached hydrogen (secondary N) is 1. The average Bonchev–Trinajstić information content (AvgIpc) is 3.10. The fraction of sp³-hybridized carbons (Fsp3) is 0.400. The summed E-state index contributed by atoms with van der Waals surface area (Å²) in [4.78, 5) is 27.5. The van der Waals surface area contributed by atoms with Crippen molar-refractivity contribution in [1.29, 1.82) is 0 Å². The molecular weight excluding hydrogens is 376 g/mol. The molecule has 0 aliphatic carbocycles. The van der Waals surface area contributed by atoms with Crippen molar-refractivity contribution < 1.29 is 9.90 Å². The number of aromatic nitrogens is 2. The molecule has 0 spiro atoms. The van der Waals surface area contributed by atoms with Crippen molar-refractivity contribution in [3.05, 3.63) is 56.1 Å². The van der Waals surface area contributed by atoms with Crippen molar-refractivity contribution in [2.75, 3.05) is 0 Å². The van der Waals surface area contributed by atoms with Crippen LogP contribution in [0.2, 0.25) is 0 Å². The van der Waals surface area contributed by atoms with Gasteiger partial charge in [-0.05, 0) is 29.3 Å². The number of hydrogen-bond acceptors (Lipinski definition) is 5. The zero-order valence-electron chi connectivity index (χ0n) is 16.4. The summed E-state index contributed by atoms with van der Waals surface area (Å²) in [5.74, 6) is 0.00514. The largest absolute Gasteiger partial charge is 0.494 e. The summed E-state index contributed by atoms with van der Waals surface area (Å²) in [6, 6.07) is 7.75. The van der Waals surface area contributed by atoms with E-state index >= 15 is 0 Å². The molecule has 148 valence electrons. The van der Waals surface area contributed by atoms with Crippen LogP contribution in [-0.4, -0.2) is 31.3 Å². The first-order valence-corrected chi connectivity index (χ1v) is 9.67. The van der Waals surface area contributed by atoms with Gasteiger partial charge in [0.25, 0.3) is 5.56 Å². The molecule has 0 unspecified atom stereocenters. The topological polar surface area (TPSA) is 90.7 Å². The Hall–Kier alpha value is -2.74. The highest BCUT2D eigenvalue weighted by atomic mass is 32.1. The van der Waals surface area contributed by atoms with Crippen molar-refractivity contribution in [3.8, 4) is 5.88 Å². The van der Waals surface area contributed by atoms with Gasteiger partial charge in [-0.3, -0.25) is 19.1 Å². The number of aromatic amines is 1. The lowest BCUT2D eigenvalue weighted by Crippen LogP contribution is -2.26. The summed E-state index contributed by atoms with van der Waals surface area (Å²) < 4.78 is 1.43. The first kappa shape index (κ1) is 20.0. The molecule has 1 aromatic carbocycles. The van der Waals surface area contributed by atoms with Crippen molar-refractivity contribution in [3.63, 3.8) is 0 Å². The Kier molecular flexibility index (Phi) is 5.51. The van der Waals surface area contributed by atoms with Crippen LogP contribution in [0, 0.1) is 4.77 Å². The van der Waals surface area contributed by atoms with Crippen molar-refractivity contribution in [1.82, 2.24) is 14.6 Å². The molecule has 2 heterocycles. The molecule has 8 heteroatoms. The maximum absolute atomic E-state index is 12.5. The lowest BCUT2D eigenvalue weighted by molar-refractivity contribution is -0.132. The van der Waals surface area contributed by atoms with E-state index in [9.17, 15) is 14.7 Å². The molecule has 3 rings (SSSR count). The molecule has 1 aliphatic heterocycles. The molecule has 0 saturated carbocycles. The van der Waals surface area contributed by atoms with Crippen LogP contribution in [0.1, 0.15) is 62.3 Å². The summed E-state index contributed by atoms with van der Waals surface area (Å²) in [5.41, 5.74) is 2.04. The van der Waals surface area contributed by atoms with Gasteiger partial charge in [0, 0.05) is 19.9 Å². The maximum Gasteiger partial charge on any atom is 0.264 e. The molecule has 2 aromatic rings. The SMILES string of the molecule is CCC(=O)N1N=C(c2c(O)n(C)c(=S)[nH]c2=O)C[C@H]1c1ccc(C(C)C)cc1. The van der Waals surface area contributed by atoms with Crippen molar-refractivity contribution in [2.45, 2.75) is 45.6 Å². The van der Waals surface area contributed by atoms with E-state index in [4.69, 9.17) is 12.2 Å². The van der Waals surface area contributed by atoms with Crippen LogP contribution in [0.3, 0.4) is 0 Å². The van der Waals surface area contributed by atoms with Gasteiger partial charge in [-0.15, -0.1) is 0 Å². The zero-order chi connectivity index (χ0) is 20.6. The minimum Gasteiger partial charge on any atom is -0.494 e. The van der Waals surface area contributed by atoms with E-state index in [1.165, 1.54) is 15.1 Å². The number of carbonyl (C=O) groups excluding carboxylic acids is 1. The van der Waals surface area contributed by atoms with Gasteiger partial charge >= 0.3 is 0 Å². The van der Waals surface area contributed by atoms with Gasteiger partial charge in [0.15, 0.2) is 4.77 Å². The average molecular weight is 401 g/mol. The molecule has 2 N–H and O–H groups in total. The third-order valence-corrected chi connectivity index (χ3v) is 5.41. The van der Waals surface area contributed by atoms with Crippen LogP contribution in [0.25, 0.3) is 0 Å². The predicted octanol–water partition coefficient (Wildman–Crippen LogP) is 3.36. The molecule has 0 bridgehead atoms. The summed E-state index contributed by atoms with van der Waals surface area (Å²) in [5, 5.41) is 16.3. The second-order valence-corrected chi connectivity index (χ2v) is 7.58. The van der Waals surface area contributed by atoms with E-state index < -0.39 is 5.56 Å². The Morgan fingerprint density at radius 3 is 2.57 bits per heavy atom. The number of hydrogen-bond donors (Lipinski definition) is 2. The van der Waals surface area contributed by atoms with Gasteiger partial charge in [0.05, 0.1) is 11.8 Å². The predicted molar refractivity (Wildman–Crippen MR) is 110 cm³/mol.